The molecule has 9 heteroatoms. The van der Waals surface area contributed by atoms with Gasteiger partial charge in [0.2, 0.25) is 0 Å². The van der Waals surface area contributed by atoms with Crippen LogP contribution in [0.2, 0.25) is 0 Å². The summed E-state index contributed by atoms with van der Waals surface area (Å²) < 4.78 is 26.3. The summed E-state index contributed by atoms with van der Waals surface area (Å²) in [6.45, 7) is 2.27. The Labute approximate surface area is 117 Å². The van der Waals surface area contributed by atoms with Gasteiger partial charge in [0, 0.05) is 6.04 Å². The molecule has 0 aliphatic heterocycles. The SMILES string of the molecule is CC(C)N(CC(=O)O)C(=O)c1cc(F)c(F)cc1[N+](=O)[O-]. The highest BCUT2D eigenvalue weighted by molar-refractivity contribution is 5.99. The first kappa shape index (κ1) is 16.5. The van der Waals surface area contributed by atoms with Crippen molar-refractivity contribution in [1.29, 1.82) is 0 Å². The molecule has 1 aromatic rings. The van der Waals surface area contributed by atoms with Gasteiger partial charge >= 0.3 is 5.97 Å². The van der Waals surface area contributed by atoms with Crippen LogP contribution in [0.3, 0.4) is 0 Å². The van der Waals surface area contributed by atoms with E-state index in [0.29, 0.717) is 12.1 Å². The van der Waals surface area contributed by atoms with Crippen molar-refractivity contribution in [2.75, 3.05) is 6.54 Å². The fraction of sp³-hybridized carbons (Fsp3) is 0.333. The van der Waals surface area contributed by atoms with Crippen molar-refractivity contribution in [2.45, 2.75) is 19.9 Å². The second kappa shape index (κ2) is 6.25. The van der Waals surface area contributed by atoms with E-state index >= 15 is 0 Å². The van der Waals surface area contributed by atoms with Crippen molar-refractivity contribution < 1.29 is 28.4 Å². The maximum absolute atomic E-state index is 13.2. The van der Waals surface area contributed by atoms with Crippen molar-refractivity contribution >= 4 is 17.6 Å². The topological polar surface area (TPSA) is 101 Å². The molecular formula is C12H12F2N2O5. The monoisotopic (exact) mass is 302 g/mol. The van der Waals surface area contributed by atoms with Crippen LogP contribution in [0.5, 0.6) is 0 Å². The molecule has 21 heavy (non-hydrogen) atoms. The summed E-state index contributed by atoms with van der Waals surface area (Å²) in [7, 11) is 0. The molecule has 0 unspecified atom stereocenters. The summed E-state index contributed by atoms with van der Waals surface area (Å²) in [5.74, 6) is -5.28. The summed E-state index contributed by atoms with van der Waals surface area (Å²) in [6.07, 6.45) is 0. The Bertz CT molecular complexity index is 604. The molecule has 7 nitrogen and oxygen atoms in total. The Kier molecular flexibility index (Phi) is 4.90. The van der Waals surface area contributed by atoms with Gasteiger partial charge in [-0.05, 0) is 19.9 Å². The summed E-state index contributed by atoms with van der Waals surface area (Å²) in [5, 5.41) is 19.6. The van der Waals surface area contributed by atoms with Gasteiger partial charge in [-0.2, -0.15) is 0 Å². The molecule has 0 aliphatic rings. The van der Waals surface area contributed by atoms with Crippen LogP contribution in [0.25, 0.3) is 0 Å². The molecule has 0 heterocycles. The fourth-order valence-electron chi connectivity index (χ4n) is 1.65. The minimum absolute atomic E-state index is 0.293. The van der Waals surface area contributed by atoms with Gasteiger partial charge in [0.1, 0.15) is 12.1 Å². The molecule has 1 aromatic carbocycles. The molecule has 0 saturated heterocycles. The smallest absolute Gasteiger partial charge is 0.323 e. The summed E-state index contributed by atoms with van der Waals surface area (Å²) >= 11 is 0. The third-order valence-corrected chi connectivity index (χ3v) is 2.66. The number of halogens is 2. The molecule has 114 valence electrons. The Hall–Kier alpha value is -2.58. The Morgan fingerprint density at radius 1 is 1.33 bits per heavy atom. The van der Waals surface area contributed by atoms with E-state index in [1.807, 2.05) is 0 Å². The van der Waals surface area contributed by atoms with E-state index in [2.05, 4.69) is 0 Å². The highest BCUT2D eigenvalue weighted by Crippen LogP contribution is 2.24. The highest BCUT2D eigenvalue weighted by atomic mass is 19.2. The van der Waals surface area contributed by atoms with Crippen molar-refractivity contribution in [3.8, 4) is 0 Å². The summed E-state index contributed by atoms with van der Waals surface area (Å²) in [5.41, 5.74) is -1.62. The van der Waals surface area contributed by atoms with E-state index in [1.54, 1.807) is 0 Å². The number of carboxylic acids is 1. The molecule has 0 spiro atoms. The lowest BCUT2D eigenvalue weighted by Gasteiger charge is -2.24. The van der Waals surface area contributed by atoms with Gasteiger partial charge in [-0.1, -0.05) is 0 Å². The van der Waals surface area contributed by atoms with Crippen molar-refractivity contribution in [1.82, 2.24) is 4.90 Å². The summed E-state index contributed by atoms with van der Waals surface area (Å²) in [6, 6.07) is 0.0934. The molecule has 0 fully saturated rings. The number of nitrogens with zero attached hydrogens (tertiary/aromatic N) is 2. The number of nitro benzene ring substituents is 1. The minimum Gasteiger partial charge on any atom is -0.480 e. The zero-order valence-corrected chi connectivity index (χ0v) is 11.2. The Balaban J connectivity index is 3.36. The van der Waals surface area contributed by atoms with E-state index in [1.165, 1.54) is 13.8 Å². The molecule has 0 radical (unpaired) electrons. The van der Waals surface area contributed by atoms with Gasteiger partial charge in [-0.3, -0.25) is 19.7 Å². The van der Waals surface area contributed by atoms with Crippen LogP contribution in [0.1, 0.15) is 24.2 Å². The summed E-state index contributed by atoms with van der Waals surface area (Å²) in [4.78, 5) is 33.5. The molecule has 0 aromatic heterocycles. The van der Waals surface area contributed by atoms with Crippen LogP contribution < -0.4 is 0 Å². The van der Waals surface area contributed by atoms with Crippen LogP contribution in [-0.2, 0) is 4.79 Å². The second-order valence-electron chi connectivity index (χ2n) is 4.46. The van der Waals surface area contributed by atoms with Crippen LogP contribution in [0.4, 0.5) is 14.5 Å². The van der Waals surface area contributed by atoms with Gasteiger partial charge in [-0.15, -0.1) is 0 Å². The molecule has 0 saturated carbocycles. The van der Waals surface area contributed by atoms with Crippen molar-refractivity contribution in [2.24, 2.45) is 0 Å². The van der Waals surface area contributed by atoms with Gasteiger partial charge in [0.05, 0.1) is 11.0 Å². The number of carboxylic acid groups (broad SMARTS) is 1. The molecule has 1 rings (SSSR count). The number of rotatable bonds is 5. The average Bonchev–Trinajstić information content (AvgIpc) is 2.37. The number of amides is 1. The van der Waals surface area contributed by atoms with Crippen LogP contribution in [-0.4, -0.2) is 39.4 Å². The zero-order chi connectivity index (χ0) is 16.3. The Morgan fingerprint density at radius 3 is 2.29 bits per heavy atom. The van der Waals surface area contributed by atoms with Crippen LogP contribution >= 0.6 is 0 Å². The molecule has 1 amide bonds. The quantitative estimate of drug-likeness (QED) is 0.660. The van der Waals surface area contributed by atoms with E-state index in [-0.39, 0.29) is 0 Å². The molecule has 1 N–H and O–H groups in total. The molecule has 0 aliphatic carbocycles. The van der Waals surface area contributed by atoms with Gasteiger partial charge in [0.25, 0.3) is 11.6 Å². The average molecular weight is 302 g/mol. The van der Waals surface area contributed by atoms with Crippen LogP contribution in [0, 0.1) is 21.7 Å². The van der Waals surface area contributed by atoms with Gasteiger partial charge in [0.15, 0.2) is 11.6 Å². The first-order valence-electron chi connectivity index (χ1n) is 5.81. The third-order valence-electron chi connectivity index (χ3n) is 2.66. The standard InChI is InChI=1S/C12H12F2N2O5/c1-6(2)15(5-11(17)18)12(19)7-3-8(13)9(14)4-10(7)16(20)21/h3-4,6H,5H2,1-2H3,(H,17,18). The number of carbonyl (C=O) groups excluding carboxylic acids is 1. The van der Waals surface area contributed by atoms with E-state index in [9.17, 15) is 28.5 Å². The van der Waals surface area contributed by atoms with Crippen molar-refractivity contribution in [3.63, 3.8) is 0 Å². The number of carbonyl (C=O) groups is 2. The van der Waals surface area contributed by atoms with E-state index in [4.69, 9.17) is 5.11 Å². The van der Waals surface area contributed by atoms with Crippen LogP contribution in [0.15, 0.2) is 12.1 Å². The highest BCUT2D eigenvalue weighted by Gasteiger charge is 2.29. The maximum Gasteiger partial charge on any atom is 0.323 e. The van der Waals surface area contributed by atoms with Gasteiger partial charge < -0.3 is 10.0 Å². The predicted octanol–water partition coefficient (Wildman–Crippen LogP) is 1.81. The third kappa shape index (κ3) is 3.71. The fourth-order valence-corrected chi connectivity index (χ4v) is 1.65. The zero-order valence-electron chi connectivity index (χ0n) is 11.2. The Morgan fingerprint density at radius 2 is 1.86 bits per heavy atom. The normalized spacial score (nSPS) is 10.5. The van der Waals surface area contributed by atoms with E-state index in [0.717, 1.165) is 4.90 Å². The first-order chi connectivity index (χ1) is 9.65. The number of aliphatic carboxylic acids is 1. The number of hydrogen-bond acceptors (Lipinski definition) is 4. The molecular weight excluding hydrogens is 290 g/mol. The lowest BCUT2D eigenvalue weighted by Crippen LogP contribution is -2.41. The lowest BCUT2D eigenvalue weighted by molar-refractivity contribution is -0.385. The maximum atomic E-state index is 13.2. The molecule has 0 bridgehead atoms. The largest absolute Gasteiger partial charge is 0.480 e. The van der Waals surface area contributed by atoms with Gasteiger partial charge in [-0.25, -0.2) is 8.78 Å². The molecule has 0 atom stereocenters. The number of nitro groups is 1. The predicted molar refractivity (Wildman–Crippen MR) is 66.8 cm³/mol. The lowest BCUT2D eigenvalue weighted by atomic mass is 10.1. The number of hydrogen-bond donors (Lipinski definition) is 1. The van der Waals surface area contributed by atoms with Crippen molar-refractivity contribution in [3.05, 3.63) is 39.4 Å². The first-order valence-corrected chi connectivity index (χ1v) is 5.81. The minimum atomic E-state index is -1.47. The van der Waals surface area contributed by atoms with E-state index < -0.39 is 52.3 Å². The number of benzene rings is 1. The second-order valence-corrected chi connectivity index (χ2v) is 4.46.